The molecule has 0 aliphatic heterocycles. The second-order valence-electron chi connectivity index (χ2n) is 7.55. The molecule has 1 aromatic carbocycles. The second kappa shape index (κ2) is 9.32. The zero-order valence-corrected chi connectivity index (χ0v) is 19.5. The fourth-order valence-corrected chi connectivity index (χ4v) is 6.02. The van der Waals surface area contributed by atoms with Gasteiger partial charge in [0.1, 0.15) is 16.4 Å². The number of nitrogens with zero attached hydrogens (tertiary/aromatic N) is 4. The summed E-state index contributed by atoms with van der Waals surface area (Å²) in [6.45, 7) is 0. The van der Waals surface area contributed by atoms with Gasteiger partial charge >= 0.3 is 5.97 Å². The number of aryl methyl sites for hydroxylation is 1. The molecule has 3 aromatic heterocycles. The Morgan fingerprint density at radius 3 is 2.82 bits per heavy atom. The number of anilines is 1. The Bertz CT molecular complexity index is 1330. The number of fused-ring (bicyclic) bond motifs is 2. The van der Waals surface area contributed by atoms with Crippen molar-refractivity contribution in [2.75, 3.05) is 18.2 Å². The van der Waals surface area contributed by atoms with Crippen molar-refractivity contribution in [3.63, 3.8) is 0 Å². The third-order valence-electron chi connectivity index (χ3n) is 5.48. The van der Waals surface area contributed by atoms with Gasteiger partial charge in [-0.05, 0) is 43.4 Å². The van der Waals surface area contributed by atoms with Gasteiger partial charge in [0.25, 0.3) is 0 Å². The number of carbonyl (C=O) groups is 2. The van der Waals surface area contributed by atoms with E-state index in [2.05, 4.69) is 20.4 Å². The predicted octanol–water partition coefficient (Wildman–Crippen LogP) is 4.27. The van der Waals surface area contributed by atoms with E-state index >= 15 is 0 Å². The molecule has 168 valence electrons. The maximum atomic E-state index is 12.8. The summed E-state index contributed by atoms with van der Waals surface area (Å²) in [4.78, 5) is 35.1. The van der Waals surface area contributed by atoms with Crippen LogP contribution in [0, 0.1) is 0 Å². The molecule has 1 aliphatic rings. The molecule has 8 nitrogen and oxygen atoms in total. The van der Waals surface area contributed by atoms with Gasteiger partial charge in [0.05, 0.1) is 35.7 Å². The molecule has 4 aromatic rings. The first-order chi connectivity index (χ1) is 16.2. The number of benzene rings is 1. The third-order valence-corrected chi connectivity index (χ3v) is 7.70. The van der Waals surface area contributed by atoms with E-state index in [1.807, 2.05) is 30.3 Å². The van der Waals surface area contributed by atoms with Crippen molar-refractivity contribution in [1.29, 1.82) is 0 Å². The lowest BCUT2D eigenvalue weighted by Crippen LogP contribution is -2.16. The summed E-state index contributed by atoms with van der Waals surface area (Å²) in [6, 6.07) is 9.73. The minimum atomic E-state index is -0.400. The van der Waals surface area contributed by atoms with Crippen LogP contribution < -0.4 is 5.32 Å². The molecule has 5 rings (SSSR count). The Labute approximate surface area is 198 Å². The summed E-state index contributed by atoms with van der Waals surface area (Å²) < 4.78 is 6.73. The molecule has 0 atom stereocenters. The summed E-state index contributed by atoms with van der Waals surface area (Å²) in [5.41, 5.74) is 3.10. The molecule has 3 heterocycles. The van der Waals surface area contributed by atoms with E-state index in [1.54, 1.807) is 10.9 Å². The van der Waals surface area contributed by atoms with E-state index < -0.39 is 5.97 Å². The molecule has 10 heteroatoms. The van der Waals surface area contributed by atoms with Gasteiger partial charge in [-0.25, -0.2) is 19.4 Å². The number of amides is 1. The topological polar surface area (TPSA) is 99.0 Å². The number of hydrogen-bond acceptors (Lipinski definition) is 8. The van der Waals surface area contributed by atoms with Gasteiger partial charge in [-0.1, -0.05) is 30.0 Å². The number of aromatic nitrogens is 4. The third kappa shape index (κ3) is 4.23. The number of methoxy groups -OCH3 is 1. The lowest BCUT2D eigenvalue weighted by Gasteiger charge is -2.11. The highest BCUT2D eigenvalue weighted by Crippen LogP contribution is 2.38. The molecule has 0 radical (unpaired) electrons. The molecule has 1 amide bonds. The van der Waals surface area contributed by atoms with E-state index in [0.717, 1.165) is 47.2 Å². The smallest absolute Gasteiger partial charge is 0.341 e. The number of carbonyl (C=O) groups excluding carboxylic acids is 2. The van der Waals surface area contributed by atoms with Crippen LogP contribution in [0.5, 0.6) is 0 Å². The molecular weight excluding hydrogens is 458 g/mol. The molecule has 0 saturated carbocycles. The predicted molar refractivity (Wildman–Crippen MR) is 128 cm³/mol. The first kappa shape index (κ1) is 21.6. The average molecular weight is 480 g/mol. The van der Waals surface area contributed by atoms with Crippen molar-refractivity contribution in [2.24, 2.45) is 0 Å². The lowest BCUT2D eigenvalue weighted by molar-refractivity contribution is -0.113. The van der Waals surface area contributed by atoms with Crippen LogP contribution in [-0.4, -0.2) is 44.5 Å². The Hall–Kier alpha value is -3.24. The van der Waals surface area contributed by atoms with Crippen LogP contribution in [-0.2, 0) is 22.4 Å². The van der Waals surface area contributed by atoms with Crippen LogP contribution in [0.3, 0.4) is 0 Å². The van der Waals surface area contributed by atoms with Gasteiger partial charge < -0.3 is 10.1 Å². The molecule has 1 aliphatic carbocycles. The zero-order valence-electron chi connectivity index (χ0n) is 17.9. The van der Waals surface area contributed by atoms with Crippen molar-refractivity contribution >= 4 is 51.0 Å². The lowest BCUT2D eigenvalue weighted by atomic mass is 9.95. The van der Waals surface area contributed by atoms with Gasteiger partial charge in [0, 0.05) is 4.88 Å². The highest BCUT2D eigenvalue weighted by Gasteiger charge is 2.27. The molecule has 0 fully saturated rings. The number of hydrogen-bond donors (Lipinski definition) is 1. The number of rotatable bonds is 6. The Morgan fingerprint density at radius 1 is 1.18 bits per heavy atom. The molecule has 0 spiro atoms. The maximum absolute atomic E-state index is 12.8. The van der Waals surface area contributed by atoms with Gasteiger partial charge in [0.15, 0.2) is 5.65 Å². The second-order valence-corrected chi connectivity index (χ2v) is 9.62. The monoisotopic (exact) mass is 479 g/mol. The first-order valence-corrected chi connectivity index (χ1v) is 12.4. The van der Waals surface area contributed by atoms with Crippen LogP contribution in [0.4, 0.5) is 5.00 Å². The van der Waals surface area contributed by atoms with Crippen LogP contribution in [0.15, 0.2) is 47.9 Å². The van der Waals surface area contributed by atoms with Crippen molar-refractivity contribution in [1.82, 2.24) is 19.7 Å². The Kier molecular flexibility index (Phi) is 6.10. The van der Waals surface area contributed by atoms with Gasteiger partial charge in [-0.2, -0.15) is 5.10 Å². The number of para-hydroxylation sites is 1. The SMILES string of the molecule is COC(=O)c1c(NC(=O)CSc2ncnc3c2cnn3-c2ccccc2)sc2c1CCCC2. The van der Waals surface area contributed by atoms with Gasteiger partial charge in [-0.15, -0.1) is 11.3 Å². The summed E-state index contributed by atoms with van der Waals surface area (Å²) in [6.07, 6.45) is 7.09. The van der Waals surface area contributed by atoms with Crippen molar-refractivity contribution in [2.45, 2.75) is 30.7 Å². The molecular formula is C23H21N5O3S2. The van der Waals surface area contributed by atoms with E-state index in [4.69, 9.17) is 4.74 Å². The number of ether oxygens (including phenoxy) is 1. The van der Waals surface area contributed by atoms with Gasteiger partial charge in [0.2, 0.25) is 5.91 Å². The Balaban J connectivity index is 1.34. The van der Waals surface area contributed by atoms with Crippen LogP contribution in [0.25, 0.3) is 16.7 Å². The van der Waals surface area contributed by atoms with Crippen molar-refractivity contribution in [3.05, 3.63) is 58.9 Å². The number of esters is 1. The molecule has 1 N–H and O–H groups in total. The Morgan fingerprint density at radius 2 is 2.00 bits per heavy atom. The van der Waals surface area contributed by atoms with E-state index in [9.17, 15) is 9.59 Å². The highest BCUT2D eigenvalue weighted by molar-refractivity contribution is 8.00. The minimum Gasteiger partial charge on any atom is -0.465 e. The van der Waals surface area contributed by atoms with Crippen molar-refractivity contribution in [3.8, 4) is 5.69 Å². The van der Waals surface area contributed by atoms with Crippen molar-refractivity contribution < 1.29 is 14.3 Å². The molecule has 0 bridgehead atoms. The first-order valence-electron chi connectivity index (χ1n) is 10.6. The molecule has 0 unspecified atom stereocenters. The van der Waals surface area contributed by atoms with Crippen LogP contribution in [0.1, 0.15) is 33.6 Å². The average Bonchev–Trinajstić information content (AvgIpc) is 3.44. The number of nitrogens with one attached hydrogen (secondary N) is 1. The molecule has 0 saturated heterocycles. The van der Waals surface area contributed by atoms with E-state index in [1.165, 1.54) is 36.5 Å². The summed E-state index contributed by atoms with van der Waals surface area (Å²) in [5, 5.41) is 9.40. The van der Waals surface area contributed by atoms with Crippen LogP contribution >= 0.6 is 23.1 Å². The quantitative estimate of drug-likeness (QED) is 0.250. The molecule has 33 heavy (non-hydrogen) atoms. The number of thiophene rings is 1. The van der Waals surface area contributed by atoms with E-state index in [0.29, 0.717) is 21.2 Å². The van der Waals surface area contributed by atoms with Gasteiger partial charge in [-0.3, -0.25) is 4.79 Å². The fourth-order valence-electron chi connectivity index (χ4n) is 3.96. The minimum absolute atomic E-state index is 0.145. The number of thioether (sulfide) groups is 1. The fraction of sp³-hybridized carbons (Fsp3) is 0.261. The largest absolute Gasteiger partial charge is 0.465 e. The van der Waals surface area contributed by atoms with Crippen LogP contribution in [0.2, 0.25) is 0 Å². The summed E-state index contributed by atoms with van der Waals surface area (Å²) in [5.74, 6) is -0.458. The maximum Gasteiger partial charge on any atom is 0.341 e. The zero-order chi connectivity index (χ0) is 22.8. The van der Waals surface area contributed by atoms with E-state index in [-0.39, 0.29) is 11.7 Å². The normalized spacial score (nSPS) is 13.0. The summed E-state index contributed by atoms with van der Waals surface area (Å²) in [7, 11) is 1.37. The standard InChI is InChI=1S/C23H21N5O3S2/c1-31-23(30)19-15-9-5-6-10-17(15)33-22(19)27-18(29)12-32-21-16-11-26-28(20(16)24-13-25-21)14-7-3-2-4-8-14/h2-4,7-8,11,13H,5-6,9-10,12H2,1H3,(H,27,29). The summed E-state index contributed by atoms with van der Waals surface area (Å²) >= 11 is 2.79. The highest BCUT2D eigenvalue weighted by atomic mass is 32.2.